The van der Waals surface area contributed by atoms with Gasteiger partial charge >= 0.3 is 0 Å². The number of ether oxygens (including phenoxy) is 1. The molecule has 144 valence electrons. The third-order valence-electron chi connectivity index (χ3n) is 4.58. The van der Waals surface area contributed by atoms with Gasteiger partial charge in [-0.05, 0) is 55.8 Å². The number of rotatable bonds is 6. The highest BCUT2D eigenvalue weighted by Crippen LogP contribution is 2.27. The standard InChI is InChI=1S/C25H23N3O/c1-3-29-23-15-11-20(12-16-23)18-26-25-17-24(21-13-9-19(2)10-14-21)27-28(25)22-7-5-4-6-8-22/h4-18H,3H2,1-2H3. The van der Waals surface area contributed by atoms with Gasteiger partial charge < -0.3 is 4.74 Å². The van der Waals surface area contributed by atoms with Crippen molar-refractivity contribution >= 4 is 12.0 Å². The lowest BCUT2D eigenvalue weighted by Crippen LogP contribution is -1.96. The molecule has 3 aromatic carbocycles. The van der Waals surface area contributed by atoms with E-state index >= 15 is 0 Å². The van der Waals surface area contributed by atoms with E-state index in [4.69, 9.17) is 14.8 Å². The summed E-state index contributed by atoms with van der Waals surface area (Å²) in [6, 6.07) is 28.4. The fourth-order valence-corrected chi connectivity index (χ4v) is 3.05. The van der Waals surface area contributed by atoms with Gasteiger partial charge in [0.1, 0.15) is 5.75 Å². The van der Waals surface area contributed by atoms with E-state index in [0.29, 0.717) is 6.61 Å². The predicted molar refractivity (Wildman–Crippen MR) is 119 cm³/mol. The van der Waals surface area contributed by atoms with Gasteiger partial charge in [-0.3, -0.25) is 0 Å². The van der Waals surface area contributed by atoms with E-state index in [0.717, 1.165) is 34.1 Å². The molecule has 1 heterocycles. The maximum atomic E-state index is 5.50. The fourth-order valence-electron chi connectivity index (χ4n) is 3.05. The third kappa shape index (κ3) is 4.43. The van der Waals surface area contributed by atoms with Crippen LogP contribution in [0.4, 0.5) is 5.82 Å². The molecule has 29 heavy (non-hydrogen) atoms. The Morgan fingerprint density at radius 2 is 1.66 bits per heavy atom. The summed E-state index contributed by atoms with van der Waals surface area (Å²) in [4.78, 5) is 4.73. The van der Waals surface area contributed by atoms with E-state index in [1.807, 2.05) is 78.5 Å². The molecule has 0 unspecified atom stereocenters. The lowest BCUT2D eigenvalue weighted by Gasteiger charge is -2.04. The Morgan fingerprint density at radius 3 is 2.34 bits per heavy atom. The molecule has 4 heteroatoms. The summed E-state index contributed by atoms with van der Waals surface area (Å²) in [6.45, 7) is 4.72. The van der Waals surface area contributed by atoms with E-state index in [2.05, 4.69) is 31.2 Å². The van der Waals surface area contributed by atoms with E-state index in [1.54, 1.807) is 0 Å². The number of nitrogens with zero attached hydrogens (tertiary/aromatic N) is 3. The fraction of sp³-hybridized carbons (Fsp3) is 0.120. The average molecular weight is 381 g/mol. The second kappa shape index (κ2) is 8.57. The summed E-state index contributed by atoms with van der Waals surface area (Å²) >= 11 is 0. The lowest BCUT2D eigenvalue weighted by atomic mass is 10.1. The van der Waals surface area contributed by atoms with Crippen LogP contribution in [0, 0.1) is 6.92 Å². The van der Waals surface area contributed by atoms with Crippen LogP contribution in [0.25, 0.3) is 16.9 Å². The lowest BCUT2D eigenvalue weighted by molar-refractivity contribution is 0.340. The van der Waals surface area contributed by atoms with Crippen LogP contribution < -0.4 is 4.74 Å². The number of hydrogen-bond donors (Lipinski definition) is 0. The minimum absolute atomic E-state index is 0.658. The molecule has 0 radical (unpaired) electrons. The normalized spacial score (nSPS) is 11.1. The van der Waals surface area contributed by atoms with Crippen molar-refractivity contribution in [1.82, 2.24) is 9.78 Å². The first-order valence-corrected chi connectivity index (χ1v) is 9.72. The quantitative estimate of drug-likeness (QED) is 0.384. The topological polar surface area (TPSA) is 39.4 Å². The monoisotopic (exact) mass is 381 g/mol. The molecule has 4 aromatic rings. The second-order valence-electron chi connectivity index (χ2n) is 6.76. The highest BCUT2D eigenvalue weighted by atomic mass is 16.5. The largest absolute Gasteiger partial charge is 0.494 e. The van der Waals surface area contributed by atoms with Gasteiger partial charge in [-0.2, -0.15) is 5.10 Å². The molecule has 0 amide bonds. The number of aromatic nitrogens is 2. The van der Waals surface area contributed by atoms with Crippen LogP contribution in [0.15, 0.2) is 89.9 Å². The number of aliphatic imine (C=N–C) groups is 1. The van der Waals surface area contributed by atoms with Crippen molar-refractivity contribution in [2.24, 2.45) is 4.99 Å². The van der Waals surface area contributed by atoms with Crippen LogP contribution >= 0.6 is 0 Å². The van der Waals surface area contributed by atoms with Crippen molar-refractivity contribution < 1.29 is 4.74 Å². The number of para-hydroxylation sites is 1. The Balaban J connectivity index is 1.69. The maximum absolute atomic E-state index is 5.50. The SMILES string of the molecule is CCOc1ccc(C=Nc2cc(-c3ccc(C)cc3)nn2-c2ccccc2)cc1. The van der Waals surface area contributed by atoms with Crippen LogP contribution in [0.5, 0.6) is 5.75 Å². The van der Waals surface area contributed by atoms with Gasteiger partial charge in [0.25, 0.3) is 0 Å². The summed E-state index contributed by atoms with van der Waals surface area (Å²) in [7, 11) is 0. The molecule has 0 aliphatic rings. The molecule has 0 aliphatic heterocycles. The summed E-state index contributed by atoms with van der Waals surface area (Å²) in [5, 5.41) is 4.81. The molecular weight excluding hydrogens is 358 g/mol. The summed E-state index contributed by atoms with van der Waals surface area (Å²) in [5.74, 6) is 1.64. The van der Waals surface area contributed by atoms with E-state index < -0.39 is 0 Å². The van der Waals surface area contributed by atoms with Crippen LogP contribution in [0.1, 0.15) is 18.1 Å². The van der Waals surface area contributed by atoms with Crippen molar-refractivity contribution in [3.8, 4) is 22.7 Å². The van der Waals surface area contributed by atoms with Crippen molar-refractivity contribution in [1.29, 1.82) is 0 Å². The maximum Gasteiger partial charge on any atom is 0.156 e. The van der Waals surface area contributed by atoms with E-state index in [-0.39, 0.29) is 0 Å². The van der Waals surface area contributed by atoms with Crippen LogP contribution in [-0.2, 0) is 0 Å². The number of hydrogen-bond acceptors (Lipinski definition) is 3. The first-order chi connectivity index (χ1) is 14.2. The van der Waals surface area contributed by atoms with Crippen molar-refractivity contribution in [2.45, 2.75) is 13.8 Å². The Hall–Kier alpha value is -3.66. The van der Waals surface area contributed by atoms with Gasteiger partial charge in [0.05, 0.1) is 18.0 Å². The molecular formula is C25H23N3O. The predicted octanol–water partition coefficient (Wildman–Crippen LogP) is 6.00. The molecule has 0 fully saturated rings. The molecule has 0 saturated heterocycles. The minimum atomic E-state index is 0.658. The van der Waals surface area contributed by atoms with Crippen LogP contribution in [-0.4, -0.2) is 22.6 Å². The molecule has 0 bridgehead atoms. The van der Waals surface area contributed by atoms with Gasteiger partial charge in [0, 0.05) is 17.8 Å². The second-order valence-corrected chi connectivity index (χ2v) is 6.76. The minimum Gasteiger partial charge on any atom is -0.494 e. The molecule has 1 aromatic heterocycles. The molecule has 0 spiro atoms. The van der Waals surface area contributed by atoms with Gasteiger partial charge in [-0.15, -0.1) is 0 Å². The molecule has 0 atom stereocenters. The molecule has 0 saturated carbocycles. The Bertz CT molecular complexity index is 1100. The first-order valence-electron chi connectivity index (χ1n) is 9.72. The zero-order valence-corrected chi connectivity index (χ0v) is 16.6. The Labute approximate surface area is 171 Å². The first kappa shape index (κ1) is 18.7. The zero-order chi connectivity index (χ0) is 20.1. The summed E-state index contributed by atoms with van der Waals surface area (Å²) in [6.07, 6.45) is 1.85. The third-order valence-corrected chi connectivity index (χ3v) is 4.58. The number of aryl methyl sites for hydroxylation is 1. The van der Waals surface area contributed by atoms with Gasteiger partial charge in [-0.1, -0.05) is 48.0 Å². The highest BCUT2D eigenvalue weighted by molar-refractivity contribution is 5.82. The molecule has 0 N–H and O–H groups in total. The smallest absolute Gasteiger partial charge is 0.156 e. The number of benzene rings is 3. The molecule has 0 aliphatic carbocycles. The average Bonchev–Trinajstić information content (AvgIpc) is 3.19. The van der Waals surface area contributed by atoms with E-state index in [1.165, 1.54) is 5.56 Å². The zero-order valence-electron chi connectivity index (χ0n) is 16.6. The molecule has 4 nitrogen and oxygen atoms in total. The van der Waals surface area contributed by atoms with Crippen molar-refractivity contribution in [2.75, 3.05) is 6.61 Å². The van der Waals surface area contributed by atoms with Crippen LogP contribution in [0.2, 0.25) is 0 Å². The van der Waals surface area contributed by atoms with Crippen LogP contribution in [0.3, 0.4) is 0 Å². The van der Waals surface area contributed by atoms with Gasteiger partial charge in [-0.25, -0.2) is 9.67 Å². The molecule has 4 rings (SSSR count). The highest BCUT2D eigenvalue weighted by Gasteiger charge is 2.10. The summed E-state index contributed by atoms with van der Waals surface area (Å²) in [5.41, 5.74) is 5.18. The van der Waals surface area contributed by atoms with E-state index in [9.17, 15) is 0 Å². The summed E-state index contributed by atoms with van der Waals surface area (Å²) < 4.78 is 7.38. The van der Waals surface area contributed by atoms with Gasteiger partial charge in [0.15, 0.2) is 5.82 Å². The Kier molecular flexibility index (Phi) is 5.52. The van der Waals surface area contributed by atoms with Gasteiger partial charge in [0.2, 0.25) is 0 Å². The van der Waals surface area contributed by atoms with Crippen molar-refractivity contribution in [3.63, 3.8) is 0 Å². The Morgan fingerprint density at radius 1 is 0.931 bits per heavy atom. The van der Waals surface area contributed by atoms with Crippen molar-refractivity contribution in [3.05, 3.63) is 96.1 Å².